The van der Waals surface area contributed by atoms with E-state index in [0.29, 0.717) is 19.8 Å². The molecule has 0 bridgehead atoms. The van der Waals surface area contributed by atoms with Crippen LogP contribution in [0.1, 0.15) is 31.7 Å². The van der Waals surface area contributed by atoms with E-state index in [1.807, 2.05) is 12.3 Å². The van der Waals surface area contributed by atoms with Crippen molar-refractivity contribution in [3.8, 4) is 0 Å². The number of guanidine groups is 1. The van der Waals surface area contributed by atoms with E-state index in [2.05, 4.69) is 38.5 Å². The fraction of sp³-hybridized carbons (Fsp3) is 0.684. The van der Waals surface area contributed by atoms with E-state index >= 15 is 0 Å². The SMILES string of the molecule is CCNC(=NCc1ccnc(N2CCCC2)c1)NCCCOCCOC.I. The Kier molecular flexibility index (Phi) is 13.2. The molecule has 27 heavy (non-hydrogen) atoms. The summed E-state index contributed by atoms with van der Waals surface area (Å²) in [6.45, 7) is 8.60. The molecule has 2 heterocycles. The summed E-state index contributed by atoms with van der Waals surface area (Å²) in [5.41, 5.74) is 1.18. The van der Waals surface area contributed by atoms with Crippen molar-refractivity contribution in [1.82, 2.24) is 15.6 Å². The number of rotatable bonds is 11. The zero-order chi connectivity index (χ0) is 18.5. The standard InChI is InChI=1S/C19H33N5O2.HI/c1-3-20-19(22-8-6-12-26-14-13-25-2)23-16-17-7-9-21-18(15-17)24-10-4-5-11-24;/h7,9,15H,3-6,8,10-14,16H2,1-2H3,(H2,20,22,23);1H. The summed E-state index contributed by atoms with van der Waals surface area (Å²) in [4.78, 5) is 11.5. The molecule has 0 unspecified atom stereocenters. The van der Waals surface area contributed by atoms with Gasteiger partial charge >= 0.3 is 0 Å². The molecule has 1 aromatic rings. The van der Waals surface area contributed by atoms with Crippen LogP contribution >= 0.6 is 24.0 Å². The van der Waals surface area contributed by atoms with Gasteiger partial charge in [-0.25, -0.2) is 9.98 Å². The summed E-state index contributed by atoms with van der Waals surface area (Å²) >= 11 is 0. The number of anilines is 1. The number of nitrogens with zero attached hydrogens (tertiary/aromatic N) is 3. The molecule has 154 valence electrons. The second kappa shape index (κ2) is 14.9. The van der Waals surface area contributed by atoms with Crippen LogP contribution in [-0.4, -0.2) is 64.1 Å². The number of nitrogens with one attached hydrogen (secondary N) is 2. The summed E-state index contributed by atoms with van der Waals surface area (Å²) in [5.74, 6) is 1.91. The molecule has 0 aromatic carbocycles. The average molecular weight is 491 g/mol. The molecule has 0 aliphatic carbocycles. The number of aliphatic imine (C=N–C) groups is 1. The fourth-order valence-electron chi connectivity index (χ4n) is 2.82. The minimum Gasteiger partial charge on any atom is -0.382 e. The average Bonchev–Trinajstić information content (AvgIpc) is 3.20. The van der Waals surface area contributed by atoms with E-state index in [0.717, 1.165) is 51.0 Å². The van der Waals surface area contributed by atoms with Crippen LogP contribution in [0.5, 0.6) is 0 Å². The highest BCUT2D eigenvalue weighted by molar-refractivity contribution is 14.0. The third-order valence-electron chi connectivity index (χ3n) is 4.19. The number of aromatic nitrogens is 1. The van der Waals surface area contributed by atoms with Gasteiger partial charge in [0.1, 0.15) is 5.82 Å². The molecule has 7 nitrogen and oxygen atoms in total. The number of hydrogen-bond donors (Lipinski definition) is 2. The highest BCUT2D eigenvalue weighted by Crippen LogP contribution is 2.18. The van der Waals surface area contributed by atoms with Crippen molar-refractivity contribution >= 4 is 35.8 Å². The predicted molar refractivity (Wildman–Crippen MR) is 121 cm³/mol. The summed E-state index contributed by atoms with van der Waals surface area (Å²) in [6, 6.07) is 4.19. The molecule has 2 N–H and O–H groups in total. The van der Waals surface area contributed by atoms with Gasteiger partial charge in [0.05, 0.1) is 19.8 Å². The van der Waals surface area contributed by atoms with E-state index < -0.39 is 0 Å². The van der Waals surface area contributed by atoms with Crippen molar-refractivity contribution in [2.75, 3.05) is 58.0 Å². The van der Waals surface area contributed by atoms with Gasteiger partial charge in [0.2, 0.25) is 0 Å². The van der Waals surface area contributed by atoms with Crippen LogP contribution in [0.4, 0.5) is 5.82 Å². The lowest BCUT2D eigenvalue weighted by molar-refractivity contribution is 0.0698. The van der Waals surface area contributed by atoms with Gasteiger partial charge in [-0.15, -0.1) is 24.0 Å². The third-order valence-corrected chi connectivity index (χ3v) is 4.19. The molecule has 1 aromatic heterocycles. The Bertz CT molecular complexity index is 539. The topological polar surface area (TPSA) is 71.0 Å². The van der Waals surface area contributed by atoms with Crippen molar-refractivity contribution < 1.29 is 9.47 Å². The molecule has 1 aliphatic rings. The predicted octanol–water partition coefficient (Wildman–Crippen LogP) is 2.41. The molecule has 0 spiro atoms. The number of hydrogen-bond acceptors (Lipinski definition) is 5. The lowest BCUT2D eigenvalue weighted by atomic mass is 10.2. The first-order valence-corrected chi connectivity index (χ1v) is 9.62. The molecule has 0 saturated carbocycles. The number of methoxy groups -OCH3 is 1. The minimum atomic E-state index is 0. The van der Waals surface area contributed by atoms with Gasteiger partial charge in [-0.3, -0.25) is 0 Å². The van der Waals surface area contributed by atoms with E-state index in [-0.39, 0.29) is 24.0 Å². The second-order valence-electron chi connectivity index (χ2n) is 6.30. The maximum absolute atomic E-state index is 5.47. The van der Waals surface area contributed by atoms with Crippen molar-refractivity contribution in [1.29, 1.82) is 0 Å². The van der Waals surface area contributed by atoms with E-state index in [4.69, 9.17) is 9.47 Å². The van der Waals surface area contributed by atoms with E-state index in [9.17, 15) is 0 Å². The zero-order valence-electron chi connectivity index (χ0n) is 16.6. The Morgan fingerprint density at radius 3 is 2.78 bits per heavy atom. The first kappa shape index (κ1) is 23.9. The van der Waals surface area contributed by atoms with Crippen LogP contribution in [0, 0.1) is 0 Å². The molecule has 0 atom stereocenters. The number of ether oxygens (including phenoxy) is 2. The number of halogens is 1. The molecule has 0 radical (unpaired) electrons. The monoisotopic (exact) mass is 491 g/mol. The Morgan fingerprint density at radius 2 is 2.04 bits per heavy atom. The smallest absolute Gasteiger partial charge is 0.191 e. The van der Waals surface area contributed by atoms with Gasteiger partial charge in [0.15, 0.2) is 5.96 Å². The van der Waals surface area contributed by atoms with Crippen LogP contribution in [-0.2, 0) is 16.0 Å². The normalized spacial score (nSPS) is 14.1. The van der Waals surface area contributed by atoms with Gasteiger partial charge in [0, 0.05) is 46.1 Å². The van der Waals surface area contributed by atoms with Crippen LogP contribution in [0.25, 0.3) is 0 Å². The molecule has 1 aliphatic heterocycles. The Morgan fingerprint density at radius 1 is 1.22 bits per heavy atom. The summed E-state index contributed by atoms with van der Waals surface area (Å²) in [5, 5.41) is 6.64. The highest BCUT2D eigenvalue weighted by atomic mass is 127. The van der Waals surface area contributed by atoms with E-state index in [1.54, 1.807) is 7.11 Å². The van der Waals surface area contributed by atoms with Crippen LogP contribution < -0.4 is 15.5 Å². The maximum Gasteiger partial charge on any atom is 0.191 e. The Hall–Kier alpha value is -1.13. The second-order valence-corrected chi connectivity index (χ2v) is 6.30. The largest absolute Gasteiger partial charge is 0.382 e. The number of pyridine rings is 1. The lowest BCUT2D eigenvalue weighted by Crippen LogP contribution is -2.38. The molecule has 1 fully saturated rings. The fourth-order valence-corrected chi connectivity index (χ4v) is 2.82. The molecule has 2 rings (SSSR count). The Labute approximate surface area is 180 Å². The molecule has 1 saturated heterocycles. The first-order valence-electron chi connectivity index (χ1n) is 9.62. The molecule has 0 amide bonds. The quantitative estimate of drug-likeness (QED) is 0.215. The van der Waals surface area contributed by atoms with Gasteiger partial charge in [-0.05, 0) is 43.9 Å². The van der Waals surface area contributed by atoms with Crippen molar-refractivity contribution in [3.63, 3.8) is 0 Å². The zero-order valence-corrected chi connectivity index (χ0v) is 18.9. The first-order chi connectivity index (χ1) is 12.8. The maximum atomic E-state index is 5.47. The third kappa shape index (κ3) is 9.57. The Balaban J connectivity index is 0.00000364. The van der Waals surface area contributed by atoms with Crippen molar-refractivity contribution in [2.45, 2.75) is 32.7 Å². The lowest BCUT2D eigenvalue weighted by Gasteiger charge is -2.16. The highest BCUT2D eigenvalue weighted by Gasteiger charge is 2.13. The van der Waals surface area contributed by atoms with Crippen LogP contribution in [0.15, 0.2) is 23.3 Å². The van der Waals surface area contributed by atoms with Crippen LogP contribution in [0.2, 0.25) is 0 Å². The molecule has 8 heteroatoms. The van der Waals surface area contributed by atoms with Crippen molar-refractivity contribution in [2.24, 2.45) is 4.99 Å². The summed E-state index contributed by atoms with van der Waals surface area (Å²) < 4.78 is 10.4. The van der Waals surface area contributed by atoms with Gasteiger partial charge in [-0.2, -0.15) is 0 Å². The molecular weight excluding hydrogens is 457 g/mol. The summed E-state index contributed by atoms with van der Waals surface area (Å²) in [6.07, 6.45) is 5.33. The molecular formula is C19H34IN5O2. The van der Waals surface area contributed by atoms with E-state index in [1.165, 1.54) is 18.4 Å². The van der Waals surface area contributed by atoms with Gasteiger partial charge in [-0.1, -0.05) is 0 Å². The minimum absolute atomic E-state index is 0. The van der Waals surface area contributed by atoms with Gasteiger partial charge < -0.3 is 25.0 Å². The van der Waals surface area contributed by atoms with Crippen LogP contribution in [0.3, 0.4) is 0 Å². The summed E-state index contributed by atoms with van der Waals surface area (Å²) in [7, 11) is 1.68. The van der Waals surface area contributed by atoms with Crippen molar-refractivity contribution in [3.05, 3.63) is 23.9 Å². The van der Waals surface area contributed by atoms with Gasteiger partial charge in [0.25, 0.3) is 0 Å².